The molecule has 3 N–H and O–H groups in total. The second kappa shape index (κ2) is 7.71. The van der Waals surface area contributed by atoms with Gasteiger partial charge in [-0.1, -0.05) is 30.3 Å². The summed E-state index contributed by atoms with van der Waals surface area (Å²) >= 11 is 0. The topological polar surface area (TPSA) is 133 Å². The molecule has 0 spiro atoms. The van der Waals surface area contributed by atoms with Crippen molar-refractivity contribution in [3.05, 3.63) is 71.4 Å². The van der Waals surface area contributed by atoms with E-state index >= 15 is 0 Å². The third kappa shape index (κ3) is 3.90. The maximum Gasteiger partial charge on any atom is 0.343 e. The molecule has 9 heteroatoms. The van der Waals surface area contributed by atoms with Gasteiger partial charge < -0.3 is 10.5 Å². The number of carbonyl (C=O) groups is 2. The van der Waals surface area contributed by atoms with Crippen molar-refractivity contribution in [3.8, 4) is 5.75 Å². The molecule has 9 nitrogen and oxygen atoms in total. The number of hydrazone groups is 1. The van der Waals surface area contributed by atoms with Crippen LogP contribution in [0.4, 0.5) is 5.82 Å². The smallest absolute Gasteiger partial charge is 0.343 e. The van der Waals surface area contributed by atoms with E-state index in [1.165, 1.54) is 6.21 Å². The molecule has 0 radical (unpaired) electrons. The first-order valence-corrected chi connectivity index (χ1v) is 7.43. The zero-order valence-corrected chi connectivity index (χ0v) is 13.3. The normalized spacial score (nSPS) is 10.6. The zero-order valence-electron chi connectivity index (χ0n) is 13.3. The molecule has 3 aromatic rings. The minimum absolute atomic E-state index is 0.144. The lowest BCUT2D eigenvalue weighted by Gasteiger charge is -2.07. The van der Waals surface area contributed by atoms with Crippen molar-refractivity contribution in [1.82, 2.24) is 15.7 Å². The Labute approximate surface area is 147 Å². The Morgan fingerprint density at radius 1 is 1.08 bits per heavy atom. The number of nitrogens with two attached hydrogens (primary N) is 1. The molecule has 0 atom stereocenters. The van der Waals surface area contributed by atoms with Crippen molar-refractivity contribution in [2.75, 3.05) is 5.73 Å². The molecule has 1 aromatic heterocycles. The van der Waals surface area contributed by atoms with E-state index in [0.29, 0.717) is 16.9 Å². The number of nitrogens with one attached hydrogen (secondary N) is 1. The number of nitrogens with zero attached hydrogens (tertiary/aromatic N) is 3. The van der Waals surface area contributed by atoms with Crippen LogP contribution in [0, 0.1) is 0 Å². The van der Waals surface area contributed by atoms with E-state index in [-0.39, 0.29) is 11.5 Å². The van der Waals surface area contributed by atoms with Crippen LogP contribution in [0.15, 0.2) is 64.3 Å². The van der Waals surface area contributed by atoms with Crippen molar-refractivity contribution in [2.45, 2.75) is 0 Å². The molecular formula is C17H13N5O4. The second-order valence-corrected chi connectivity index (χ2v) is 4.99. The first kappa shape index (κ1) is 16.8. The van der Waals surface area contributed by atoms with Gasteiger partial charge in [-0.05, 0) is 34.6 Å². The average Bonchev–Trinajstić information content (AvgIpc) is 3.10. The molecule has 0 aliphatic rings. The minimum Gasteiger partial charge on any atom is -0.422 e. The Morgan fingerprint density at radius 2 is 1.81 bits per heavy atom. The first-order valence-electron chi connectivity index (χ1n) is 7.43. The zero-order chi connectivity index (χ0) is 18.4. The highest BCUT2D eigenvalue weighted by Gasteiger charge is 2.15. The maximum atomic E-state index is 12.2. The summed E-state index contributed by atoms with van der Waals surface area (Å²) in [6.07, 6.45) is 1.33. The highest BCUT2D eigenvalue weighted by Crippen LogP contribution is 2.17. The quantitative estimate of drug-likeness (QED) is 0.309. The maximum absolute atomic E-state index is 12.2. The molecule has 0 unspecified atom stereocenters. The predicted octanol–water partition coefficient (Wildman–Crippen LogP) is 1.63. The van der Waals surface area contributed by atoms with Crippen LogP contribution in [0.25, 0.3) is 0 Å². The van der Waals surface area contributed by atoms with Crippen LogP contribution in [0.2, 0.25) is 0 Å². The van der Waals surface area contributed by atoms with Crippen LogP contribution >= 0.6 is 0 Å². The number of ether oxygens (including phenoxy) is 1. The molecule has 0 saturated heterocycles. The van der Waals surface area contributed by atoms with E-state index in [4.69, 9.17) is 10.5 Å². The molecular weight excluding hydrogens is 338 g/mol. The monoisotopic (exact) mass is 351 g/mol. The van der Waals surface area contributed by atoms with Gasteiger partial charge in [0.2, 0.25) is 11.5 Å². The number of benzene rings is 2. The van der Waals surface area contributed by atoms with E-state index in [9.17, 15) is 9.59 Å². The molecule has 1 heterocycles. The van der Waals surface area contributed by atoms with Gasteiger partial charge in [-0.25, -0.2) is 14.8 Å². The van der Waals surface area contributed by atoms with Crippen LogP contribution in [0.5, 0.6) is 5.75 Å². The van der Waals surface area contributed by atoms with E-state index in [1.54, 1.807) is 54.6 Å². The lowest BCUT2D eigenvalue weighted by atomic mass is 10.2. The standard InChI is InChI=1S/C17H13N5O4/c18-15-14(21-26-22-15)16(23)20-19-10-12-8-4-5-9-13(12)25-17(24)11-6-2-1-3-7-11/h1-10H,(H2,18,22)(H,20,23)/b19-10-. The molecule has 0 aliphatic carbocycles. The van der Waals surface area contributed by atoms with Crippen molar-refractivity contribution in [2.24, 2.45) is 5.10 Å². The summed E-state index contributed by atoms with van der Waals surface area (Å²) in [4.78, 5) is 24.0. The first-order chi connectivity index (χ1) is 12.6. The molecule has 3 rings (SSSR count). The Morgan fingerprint density at radius 3 is 2.54 bits per heavy atom. The highest BCUT2D eigenvalue weighted by atomic mass is 16.6. The van der Waals surface area contributed by atoms with Crippen molar-refractivity contribution < 1.29 is 19.0 Å². The molecule has 1 amide bonds. The van der Waals surface area contributed by atoms with Gasteiger partial charge in [0.25, 0.3) is 5.91 Å². The Hall–Kier alpha value is -4.01. The lowest BCUT2D eigenvalue weighted by Crippen LogP contribution is -2.19. The van der Waals surface area contributed by atoms with Crippen LogP contribution in [-0.4, -0.2) is 28.4 Å². The summed E-state index contributed by atoms with van der Waals surface area (Å²) in [6, 6.07) is 15.3. The summed E-state index contributed by atoms with van der Waals surface area (Å²) in [6.45, 7) is 0. The van der Waals surface area contributed by atoms with Gasteiger partial charge in [-0.2, -0.15) is 5.10 Å². The molecule has 130 valence electrons. The van der Waals surface area contributed by atoms with Gasteiger partial charge in [-0.3, -0.25) is 4.79 Å². The van der Waals surface area contributed by atoms with Gasteiger partial charge in [0.15, 0.2) is 0 Å². The van der Waals surface area contributed by atoms with Crippen LogP contribution in [0.1, 0.15) is 26.4 Å². The fourth-order valence-corrected chi connectivity index (χ4v) is 1.98. The van der Waals surface area contributed by atoms with E-state index in [0.717, 1.165) is 0 Å². The van der Waals surface area contributed by atoms with Crippen molar-refractivity contribution in [1.29, 1.82) is 0 Å². The van der Waals surface area contributed by atoms with E-state index in [2.05, 4.69) is 25.5 Å². The number of esters is 1. The van der Waals surface area contributed by atoms with E-state index < -0.39 is 11.9 Å². The third-order valence-electron chi connectivity index (χ3n) is 3.23. The summed E-state index contributed by atoms with van der Waals surface area (Å²) in [5, 5.41) is 10.5. The summed E-state index contributed by atoms with van der Waals surface area (Å²) in [7, 11) is 0. The molecule has 0 fully saturated rings. The second-order valence-electron chi connectivity index (χ2n) is 4.99. The molecule has 0 bridgehead atoms. The van der Waals surface area contributed by atoms with Gasteiger partial charge in [-0.15, -0.1) is 0 Å². The fraction of sp³-hybridized carbons (Fsp3) is 0. The number of nitrogen functional groups attached to an aromatic ring is 1. The van der Waals surface area contributed by atoms with Gasteiger partial charge in [0, 0.05) is 5.56 Å². The lowest BCUT2D eigenvalue weighted by molar-refractivity contribution is 0.0734. The average molecular weight is 351 g/mol. The SMILES string of the molecule is Nc1nonc1C(=O)N/N=C\c1ccccc1OC(=O)c1ccccc1. The number of anilines is 1. The predicted molar refractivity (Wildman–Crippen MR) is 91.6 cm³/mol. The highest BCUT2D eigenvalue weighted by molar-refractivity contribution is 5.97. The Balaban J connectivity index is 1.70. The summed E-state index contributed by atoms with van der Waals surface area (Å²) < 4.78 is 9.72. The number of para-hydroxylation sites is 1. The number of aromatic nitrogens is 2. The fourth-order valence-electron chi connectivity index (χ4n) is 1.98. The number of rotatable bonds is 5. The van der Waals surface area contributed by atoms with Crippen LogP contribution < -0.4 is 15.9 Å². The van der Waals surface area contributed by atoms with Gasteiger partial charge in [0.05, 0.1) is 11.8 Å². The largest absolute Gasteiger partial charge is 0.422 e. The Bertz CT molecular complexity index is 953. The number of hydrogen-bond acceptors (Lipinski definition) is 8. The summed E-state index contributed by atoms with van der Waals surface area (Å²) in [5.74, 6) is -1.03. The van der Waals surface area contributed by atoms with Gasteiger partial charge in [0.1, 0.15) is 5.75 Å². The van der Waals surface area contributed by atoms with Crippen LogP contribution in [0.3, 0.4) is 0 Å². The number of hydrogen-bond donors (Lipinski definition) is 2. The Kier molecular flexibility index (Phi) is 4.99. The number of amides is 1. The minimum atomic E-state index is -0.682. The third-order valence-corrected chi connectivity index (χ3v) is 3.23. The van der Waals surface area contributed by atoms with Gasteiger partial charge >= 0.3 is 5.97 Å². The molecule has 0 aliphatic heterocycles. The van der Waals surface area contributed by atoms with Crippen molar-refractivity contribution >= 4 is 23.9 Å². The molecule has 0 saturated carbocycles. The van der Waals surface area contributed by atoms with E-state index in [1.807, 2.05) is 0 Å². The van der Waals surface area contributed by atoms with Crippen LogP contribution in [-0.2, 0) is 0 Å². The van der Waals surface area contributed by atoms with Crippen molar-refractivity contribution in [3.63, 3.8) is 0 Å². The molecule has 2 aromatic carbocycles. The number of carbonyl (C=O) groups excluding carboxylic acids is 2. The molecule has 26 heavy (non-hydrogen) atoms. The summed E-state index contributed by atoms with van der Waals surface area (Å²) in [5.41, 5.74) is 8.39.